The van der Waals surface area contributed by atoms with E-state index in [-0.39, 0.29) is 35.4 Å². The molecule has 9 nitrogen and oxygen atoms in total. The van der Waals surface area contributed by atoms with Crippen molar-refractivity contribution in [3.05, 3.63) is 46.8 Å². The third-order valence-electron chi connectivity index (χ3n) is 6.81. The van der Waals surface area contributed by atoms with Gasteiger partial charge in [-0.05, 0) is 48.9 Å². The Balaban J connectivity index is 1.56. The van der Waals surface area contributed by atoms with E-state index in [0.29, 0.717) is 27.2 Å². The van der Waals surface area contributed by atoms with E-state index in [1.54, 1.807) is 25.1 Å². The first-order valence-corrected chi connectivity index (χ1v) is 15.9. The molecule has 4 rings (SSSR count). The fourth-order valence-corrected chi connectivity index (χ4v) is 6.63. The van der Waals surface area contributed by atoms with Gasteiger partial charge in [0.1, 0.15) is 11.8 Å². The number of nitriles is 1. The quantitative estimate of drug-likeness (QED) is 0.242. The molecule has 1 saturated heterocycles. The van der Waals surface area contributed by atoms with Gasteiger partial charge in [-0.15, -0.1) is 11.3 Å². The van der Waals surface area contributed by atoms with Crippen LogP contribution in [0.25, 0.3) is 10.1 Å². The third-order valence-corrected chi connectivity index (χ3v) is 8.92. The van der Waals surface area contributed by atoms with Gasteiger partial charge >= 0.3 is 6.18 Å². The average molecular weight is 636 g/mol. The summed E-state index contributed by atoms with van der Waals surface area (Å²) in [5.41, 5.74) is 1.22. The van der Waals surface area contributed by atoms with Gasteiger partial charge in [0.05, 0.1) is 44.9 Å². The molecular weight excluding hydrogens is 603 g/mol. The lowest BCUT2D eigenvalue weighted by Crippen LogP contribution is -2.41. The molecule has 0 spiro atoms. The molecule has 5 N–H and O–H groups in total. The van der Waals surface area contributed by atoms with Gasteiger partial charge in [-0.1, -0.05) is 24.0 Å². The summed E-state index contributed by atoms with van der Waals surface area (Å²) in [5, 5.41) is 30.7. The highest BCUT2D eigenvalue weighted by atomic mass is 32.2. The van der Waals surface area contributed by atoms with Crippen LogP contribution >= 0.6 is 11.3 Å². The van der Waals surface area contributed by atoms with Crippen LogP contribution in [0.2, 0.25) is 0 Å². The summed E-state index contributed by atoms with van der Waals surface area (Å²) in [7, 11) is -4.01. The predicted molar refractivity (Wildman–Crippen MR) is 161 cm³/mol. The molecule has 1 aliphatic heterocycles. The molecule has 14 heteroatoms. The molecular formula is C29H32F3N5O4S2. The number of nitrogens with one attached hydrogen (secondary N) is 2. The average Bonchev–Trinajstić information content (AvgIpc) is 3.27. The monoisotopic (exact) mass is 635 g/mol. The molecule has 2 aromatic carbocycles. The molecule has 0 amide bonds. The SMILES string of the molecule is CC(O)CN1CCC(Nc2cccc3c(CC(F)(F)F)c(C#CCNc4ccc(S(N)(=O)=O)cc4OCC#N)sc23)CC1. The third kappa shape index (κ3) is 8.98. The maximum Gasteiger partial charge on any atom is 0.393 e. The topological polar surface area (TPSA) is 141 Å². The van der Waals surface area contributed by atoms with Crippen LogP contribution in [-0.4, -0.2) is 69.5 Å². The molecule has 1 aromatic heterocycles. The van der Waals surface area contributed by atoms with Crippen molar-refractivity contribution in [3.8, 4) is 23.7 Å². The molecule has 3 aromatic rings. The molecule has 0 bridgehead atoms. The van der Waals surface area contributed by atoms with E-state index >= 15 is 0 Å². The summed E-state index contributed by atoms with van der Waals surface area (Å²) in [6, 6.07) is 11.1. The largest absolute Gasteiger partial charge is 0.477 e. The van der Waals surface area contributed by atoms with Gasteiger partial charge in [0.25, 0.3) is 0 Å². The number of benzene rings is 2. The van der Waals surface area contributed by atoms with Crippen LogP contribution in [0.5, 0.6) is 5.75 Å². The molecule has 2 heterocycles. The predicted octanol–water partition coefficient (Wildman–Crippen LogP) is 4.28. The summed E-state index contributed by atoms with van der Waals surface area (Å²) in [4.78, 5) is 2.31. The highest BCUT2D eigenvalue weighted by molar-refractivity contribution is 7.89. The lowest BCUT2D eigenvalue weighted by Gasteiger charge is -2.33. The minimum absolute atomic E-state index is 0.00742. The molecule has 0 saturated carbocycles. The number of hydrogen-bond donors (Lipinski definition) is 4. The Morgan fingerprint density at radius 3 is 2.63 bits per heavy atom. The van der Waals surface area contributed by atoms with E-state index in [1.165, 1.54) is 29.5 Å². The zero-order valence-corrected chi connectivity index (χ0v) is 25.0. The highest BCUT2D eigenvalue weighted by Gasteiger charge is 2.31. The lowest BCUT2D eigenvalue weighted by molar-refractivity contribution is -0.126. The van der Waals surface area contributed by atoms with Crippen molar-refractivity contribution in [2.75, 3.05) is 43.4 Å². The minimum atomic E-state index is -4.43. The number of ether oxygens (including phenoxy) is 1. The zero-order valence-electron chi connectivity index (χ0n) is 23.4. The standard InChI is InChI=1S/C29H32F3N5O4S2/c1-19(38)18-37-13-9-20(10-14-37)36-25-5-2-4-22-23(17-29(30,31)32)27(42-28(22)25)6-3-12-35-24-8-7-21(43(34,39)40)16-26(24)41-15-11-33/h2,4-5,7-8,16,19-20,35-36,38H,9-10,12-15,17-18H2,1H3,(H2,34,39,40). The Morgan fingerprint density at radius 1 is 1.23 bits per heavy atom. The molecule has 1 aliphatic rings. The van der Waals surface area contributed by atoms with Gasteiger partial charge in [0.15, 0.2) is 6.61 Å². The fraction of sp³-hybridized carbons (Fsp3) is 0.414. The Labute approximate surface area is 252 Å². The van der Waals surface area contributed by atoms with Crippen molar-refractivity contribution in [1.29, 1.82) is 5.26 Å². The number of fused-ring (bicyclic) bond motifs is 1. The van der Waals surface area contributed by atoms with Crippen LogP contribution in [-0.2, 0) is 16.4 Å². The zero-order chi connectivity index (χ0) is 31.2. The first kappa shape index (κ1) is 32.4. The Hall–Kier alpha value is -3.53. The fourth-order valence-electron chi connectivity index (χ4n) is 4.93. The van der Waals surface area contributed by atoms with Gasteiger partial charge in [-0.2, -0.15) is 18.4 Å². The second-order valence-electron chi connectivity index (χ2n) is 10.3. The summed E-state index contributed by atoms with van der Waals surface area (Å²) in [5.74, 6) is 5.82. The second kappa shape index (κ2) is 13.8. The molecule has 0 radical (unpaired) electrons. The number of hydrogen-bond acceptors (Lipinski definition) is 9. The first-order valence-electron chi connectivity index (χ1n) is 13.5. The second-order valence-corrected chi connectivity index (χ2v) is 12.8. The number of rotatable bonds is 10. The lowest BCUT2D eigenvalue weighted by atomic mass is 10.0. The van der Waals surface area contributed by atoms with E-state index in [1.807, 2.05) is 6.07 Å². The van der Waals surface area contributed by atoms with Crippen molar-refractivity contribution in [1.82, 2.24) is 4.90 Å². The normalized spacial score (nSPS) is 15.4. The number of aliphatic hydroxyl groups excluding tert-OH is 1. The summed E-state index contributed by atoms with van der Waals surface area (Å²) >= 11 is 1.21. The minimum Gasteiger partial charge on any atom is -0.477 e. The van der Waals surface area contributed by atoms with Crippen LogP contribution in [0.3, 0.4) is 0 Å². The number of nitrogens with zero attached hydrogens (tertiary/aromatic N) is 2. The number of β-amino-alcohol motifs (C(OH)–C–C–N with tert-alkyl or cyclic N) is 1. The van der Waals surface area contributed by atoms with Crippen LogP contribution in [0, 0.1) is 23.2 Å². The van der Waals surface area contributed by atoms with Crippen molar-refractivity contribution < 1.29 is 31.4 Å². The number of halogens is 3. The van der Waals surface area contributed by atoms with E-state index in [2.05, 4.69) is 27.4 Å². The number of alkyl halides is 3. The number of nitrogens with two attached hydrogens (primary N) is 1. The Bertz CT molecular complexity index is 1650. The number of primary sulfonamides is 1. The van der Waals surface area contributed by atoms with Gasteiger partial charge in [-0.3, -0.25) is 0 Å². The van der Waals surface area contributed by atoms with Crippen molar-refractivity contribution in [3.63, 3.8) is 0 Å². The Kier molecular flexibility index (Phi) is 10.4. The van der Waals surface area contributed by atoms with E-state index in [9.17, 15) is 26.7 Å². The molecule has 1 unspecified atom stereocenters. The first-order chi connectivity index (χ1) is 20.3. The molecule has 1 atom stereocenters. The maximum absolute atomic E-state index is 13.6. The summed E-state index contributed by atoms with van der Waals surface area (Å²) in [6.07, 6.45) is -4.25. The molecule has 230 valence electrons. The van der Waals surface area contributed by atoms with Crippen molar-refractivity contribution in [2.45, 2.75) is 49.4 Å². The van der Waals surface area contributed by atoms with Crippen LogP contribution in [0.15, 0.2) is 41.3 Å². The molecule has 1 fully saturated rings. The summed E-state index contributed by atoms with van der Waals surface area (Å²) < 4.78 is 70.3. The Morgan fingerprint density at radius 2 is 1.98 bits per heavy atom. The van der Waals surface area contributed by atoms with Gasteiger partial charge in [0, 0.05) is 31.7 Å². The number of likely N-dealkylation sites (tertiary alicyclic amines) is 1. The maximum atomic E-state index is 13.6. The molecule has 43 heavy (non-hydrogen) atoms. The van der Waals surface area contributed by atoms with E-state index in [4.69, 9.17) is 15.1 Å². The van der Waals surface area contributed by atoms with Crippen LogP contribution in [0.1, 0.15) is 30.2 Å². The van der Waals surface area contributed by atoms with Crippen molar-refractivity contribution >= 4 is 42.8 Å². The smallest absolute Gasteiger partial charge is 0.393 e. The summed E-state index contributed by atoms with van der Waals surface area (Å²) in [6.45, 7) is 3.68. The van der Waals surface area contributed by atoms with Crippen LogP contribution in [0.4, 0.5) is 24.5 Å². The number of aliphatic hydroxyl groups is 1. The van der Waals surface area contributed by atoms with Gasteiger partial charge < -0.3 is 25.4 Å². The molecule has 0 aliphatic carbocycles. The van der Waals surface area contributed by atoms with Gasteiger partial charge in [0.2, 0.25) is 10.0 Å². The van der Waals surface area contributed by atoms with Crippen LogP contribution < -0.4 is 20.5 Å². The highest BCUT2D eigenvalue weighted by Crippen LogP contribution is 2.39. The van der Waals surface area contributed by atoms with Gasteiger partial charge in [-0.25, -0.2) is 13.6 Å². The number of anilines is 2. The van der Waals surface area contributed by atoms with E-state index < -0.39 is 28.7 Å². The number of piperidine rings is 1. The van der Waals surface area contributed by atoms with E-state index in [0.717, 1.165) is 31.6 Å². The van der Waals surface area contributed by atoms with Crippen molar-refractivity contribution in [2.24, 2.45) is 5.14 Å². The number of sulfonamides is 1. The number of thiophene rings is 1.